The fraction of sp³-hybridized carbons (Fsp3) is 0.765. The highest BCUT2D eigenvalue weighted by Crippen LogP contribution is 2.22. The Morgan fingerprint density at radius 3 is 2.26 bits per heavy atom. The lowest BCUT2D eigenvalue weighted by molar-refractivity contribution is 0.275. The van der Waals surface area contributed by atoms with Gasteiger partial charge in [0.25, 0.3) is 0 Å². The van der Waals surface area contributed by atoms with E-state index in [1.165, 1.54) is 63.4 Å². The summed E-state index contributed by atoms with van der Waals surface area (Å²) in [5, 5.41) is 0. The number of hydrogen-bond donors (Lipinski definition) is 0. The Hall–Kier alpha value is -0.655. The van der Waals surface area contributed by atoms with Crippen LogP contribution in [0.1, 0.15) is 70.6 Å². The van der Waals surface area contributed by atoms with Gasteiger partial charge in [0.1, 0.15) is 0 Å². The van der Waals surface area contributed by atoms with Crippen LogP contribution in [0.5, 0.6) is 0 Å². The lowest BCUT2D eigenvalue weighted by atomic mass is 9.97. The largest absolute Gasteiger partial charge is 0.501 e. The van der Waals surface area contributed by atoms with Crippen molar-refractivity contribution in [3.63, 3.8) is 0 Å². The Labute approximate surface area is 120 Å². The van der Waals surface area contributed by atoms with Crippen LogP contribution in [0, 0.1) is 0 Å². The van der Waals surface area contributed by atoms with Crippen molar-refractivity contribution >= 4 is 7.85 Å². The summed E-state index contributed by atoms with van der Waals surface area (Å²) in [5.74, 6) is 1.15. The minimum absolute atomic E-state index is 0.853. The average Bonchev–Trinajstić information content (AvgIpc) is 2.46. The van der Waals surface area contributed by atoms with E-state index in [1.54, 1.807) is 7.11 Å². The topological polar surface area (TPSA) is 9.23 Å². The lowest BCUT2D eigenvalue weighted by Gasteiger charge is -2.12. The molecule has 0 fully saturated rings. The Kier molecular flexibility index (Phi) is 9.66. The highest BCUT2D eigenvalue weighted by molar-refractivity contribution is 6.08. The van der Waals surface area contributed by atoms with E-state index in [0.717, 1.165) is 24.9 Å². The van der Waals surface area contributed by atoms with E-state index in [2.05, 4.69) is 12.2 Å². The zero-order chi connectivity index (χ0) is 13.8. The first kappa shape index (κ1) is 16.4. The second-order valence-corrected chi connectivity index (χ2v) is 5.50. The molecule has 1 aliphatic carbocycles. The van der Waals surface area contributed by atoms with E-state index >= 15 is 0 Å². The molecule has 0 saturated heterocycles. The van der Waals surface area contributed by atoms with Crippen LogP contribution in [0.25, 0.3) is 0 Å². The van der Waals surface area contributed by atoms with Gasteiger partial charge in [-0.1, -0.05) is 57.3 Å². The van der Waals surface area contributed by atoms with Crippen molar-refractivity contribution in [1.82, 2.24) is 0 Å². The highest BCUT2D eigenvalue weighted by Gasteiger charge is 2.04. The monoisotopic (exact) mass is 260 g/mol. The van der Waals surface area contributed by atoms with Crippen LogP contribution in [0.15, 0.2) is 23.5 Å². The zero-order valence-electron chi connectivity index (χ0n) is 12.6. The average molecular weight is 260 g/mol. The molecule has 0 aromatic heterocycles. The second-order valence-electron chi connectivity index (χ2n) is 5.50. The number of hydrogen-bond acceptors (Lipinski definition) is 1. The van der Waals surface area contributed by atoms with Crippen LogP contribution < -0.4 is 0 Å². The molecule has 0 saturated carbocycles. The van der Waals surface area contributed by atoms with Crippen LogP contribution in [-0.4, -0.2) is 15.0 Å². The molecule has 1 aliphatic rings. The van der Waals surface area contributed by atoms with Gasteiger partial charge >= 0.3 is 0 Å². The molecule has 19 heavy (non-hydrogen) atoms. The number of allylic oxidation sites excluding steroid dienone is 4. The van der Waals surface area contributed by atoms with Gasteiger partial charge in [-0.3, -0.25) is 0 Å². The third-order valence-electron chi connectivity index (χ3n) is 3.83. The van der Waals surface area contributed by atoms with Crippen LogP contribution in [0.3, 0.4) is 0 Å². The normalized spacial score (nSPS) is 15.0. The minimum Gasteiger partial charge on any atom is -0.501 e. The van der Waals surface area contributed by atoms with Crippen molar-refractivity contribution in [2.45, 2.75) is 76.9 Å². The summed E-state index contributed by atoms with van der Waals surface area (Å²) in [5.41, 5.74) is 1.48. The number of ether oxygens (including phenoxy) is 1. The number of rotatable bonds is 11. The summed E-state index contributed by atoms with van der Waals surface area (Å²) in [6.07, 6.45) is 19.6. The first-order chi connectivity index (χ1) is 9.36. The van der Waals surface area contributed by atoms with Gasteiger partial charge in [0.05, 0.1) is 20.7 Å². The van der Waals surface area contributed by atoms with Gasteiger partial charge in [-0.05, 0) is 30.9 Å². The van der Waals surface area contributed by atoms with Crippen molar-refractivity contribution in [2.75, 3.05) is 7.11 Å². The molecule has 106 valence electrons. The van der Waals surface area contributed by atoms with Crippen molar-refractivity contribution in [3.05, 3.63) is 23.5 Å². The molecule has 1 rings (SSSR count). The molecule has 0 heterocycles. The van der Waals surface area contributed by atoms with Gasteiger partial charge in [0, 0.05) is 6.42 Å². The lowest BCUT2D eigenvalue weighted by Crippen LogP contribution is -1.95. The molecule has 0 amide bonds. The van der Waals surface area contributed by atoms with Crippen LogP contribution in [-0.2, 0) is 4.74 Å². The zero-order valence-corrected chi connectivity index (χ0v) is 12.6. The predicted molar refractivity (Wildman–Crippen MR) is 84.5 cm³/mol. The molecule has 2 heteroatoms. The molecule has 0 aromatic carbocycles. The molecular formula is C17H29BO. The molecule has 1 nitrogen and oxygen atoms in total. The van der Waals surface area contributed by atoms with Gasteiger partial charge in [-0.25, -0.2) is 0 Å². The smallest absolute Gasteiger partial charge is 0.0961 e. The molecule has 0 N–H and O–H groups in total. The van der Waals surface area contributed by atoms with Crippen LogP contribution in [0.2, 0.25) is 6.32 Å². The first-order valence-corrected chi connectivity index (χ1v) is 8.00. The number of unbranched alkanes of at least 4 members (excludes halogenated alkanes) is 7. The summed E-state index contributed by atoms with van der Waals surface area (Å²) in [7, 11) is 7.26. The Morgan fingerprint density at radius 1 is 1.00 bits per heavy atom. The summed E-state index contributed by atoms with van der Waals surface area (Å²) in [6, 6.07) is 0. The van der Waals surface area contributed by atoms with Crippen LogP contribution in [0.4, 0.5) is 0 Å². The highest BCUT2D eigenvalue weighted by atomic mass is 16.5. The molecule has 0 bridgehead atoms. The molecule has 0 spiro atoms. The molecule has 0 unspecified atom stereocenters. The molecular weight excluding hydrogens is 231 g/mol. The quantitative estimate of drug-likeness (QED) is 0.360. The van der Waals surface area contributed by atoms with E-state index < -0.39 is 0 Å². The molecule has 0 aromatic rings. The van der Waals surface area contributed by atoms with Gasteiger partial charge in [0.15, 0.2) is 0 Å². The third kappa shape index (κ3) is 8.18. The van der Waals surface area contributed by atoms with Crippen molar-refractivity contribution < 1.29 is 4.74 Å². The van der Waals surface area contributed by atoms with E-state index in [9.17, 15) is 0 Å². The van der Waals surface area contributed by atoms with Crippen molar-refractivity contribution in [3.8, 4) is 0 Å². The van der Waals surface area contributed by atoms with Gasteiger partial charge < -0.3 is 4.74 Å². The van der Waals surface area contributed by atoms with Crippen molar-refractivity contribution in [1.29, 1.82) is 0 Å². The van der Waals surface area contributed by atoms with Gasteiger partial charge in [-0.15, -0.1) is 0 Å². The summed E-state index contributed by atoms with van der Waals surface area (Å²) >= 11 is 0. The fourth-order valence-corrected chi connectivity index (χ4v) is 2.61. The fourth-order valence-electron chi connectivity index (χ4n) is 2.61. The van der Waals surface area contributed by atoms with E-state index in [4.69, 9.17) is 12.6 Å². The maximum Gasteiger partial charge on any atom is 0.0961 e. The van der Waals surface area contributed by atoms with E-state index in [1.807, 2.05) is 0 Å². The van der Waals surface area contributed by atoms with Crippen LogP contribution >= 0.6 is 0 Å². The summed E-state index contributed by atoms with van der Waals surface area (Å²) in [6.45, 7) is 0. The Bertz CT molecular complexity index is 281. The minimum atomic E-state index is 0.853. The maximum absolute atomic E-state index is 5.48. The maximum atomic E-state index is 5.48. The standard InChI is InChI=1S/C17H29BO/c1-19-17-13-10-12-16(15-17)11-8-6-4-2-3-5-7-9-14-18/h12,15H,2-11,13-14H2,1H3. The first-order valence-electron chi connectivity index (χ1n) is 8.00. The van der Waals surface area contributed by atoms with Gasteiger partial charge in [0.2, 0.25) is 0 Å². The number of methoxy groups -OCH3 is 1. The van der Waals surface area contributed by atoms with E-state index in [-0.39, 0.29) is 0 Å². The van der Waals surface area contributed by atoms with E-state index in [0.29, 0.717) is 0 Å². The third-order valence-corrected chi connectivity index (χ3v) is 3.83. The molecule has 0 atom stereocenters. The second kappa shape index (κ2) is 11.2. The predicted octanol–water partition coefficient (Wildman–Crippen LogP) is 5.33. The summed E-state index contributed by atoms with van der Waals surface area (Å²) in [4.78, 5) is 0. The summed E-state index contributed by atoms with van der Waals surface area (Å²) < 4.78 is 5.32. The van der Waals surface area contributed by atoms with Crippen molar-refractivity contribution in [2.24, 2.45) is 0 Å². The van der Waals surface area contributed by atoms with Gasteiger partial charge in [-0.2, -0.15) is 0 Å². The SMILES string of the molecule is [B]CCCCCCCCCCC1=CCCC(OC)=C1. The Morgan fingerprint density at radius 2 is 1.63 bits per heavy atom. The molecule has 2 radical (unpaired) electrons. The Balaban J connectivity index is 1.93. The molecule has 0 aliphatic heterocycles.